The average molecular weight is 373 g/mol. The molecular weight excluding hydrogens is 351 g/mol. The molecule has 2 amide bonds. The third kappa shape index (κ3) is 5.28. The molecule has 0 spiro atoms. The number of alkyl carbamates (subject to hydrolysis) is 1. The van der Waals surface area contributed by atoms with Gasteiger partial charge in [0.15, 0.2) is 0 Å². The van der Waals surface area contributed by atoms with Gasteiger partial charge in [-0.1, -0.05) is 36.5 Å². The van der Waals surface area contributed by atoms with Gasteiger partial charge in [0.05, 0.1) is 17.2 Å². The Kier molecular flexibility index (Phi) is 7.18. The lowest BCUT2D eigenvalue weighted by molar-refractivity contribution is 0.0702. The molecule has 1 aromatic carbocycles. The van der Waals surface area contributed by atoms with Crippen molar-refractivity contribution in [2.24, 2.45) is 0 Å². The van der Waals surface area contributed by atoms with Crippen molar-refractivity contribution in [1.82, 2.24) is 10.2 Å². The molecule has 0 atom stereocenters. The summed E-state index contributed by atoms with van der Waals surface area (Å²) in [5.74, 6) is -0.133. The topological polar surface area (TPSA) is 58.6 Å². The fourth-order valence-electron chi connectivity index (χ4n) is 2.58. The summed E-state index contributed by atoms with van der Waals surface area (Å²) in [4.78, 5) is 25.9. The van der Waals surface area contributed by atoms with Crippen LogP contribution >= 0.6 is 23.2 Å². The molecule has 0 unspecified atom stereocenters. The van der Waals surface area contributed by atoms with E-state index in [9.17, 15) is 9.59 Å². The van der Waals surface area contributed by atoms with Gasteiger partial charge in [-0.05, 0) is 37.5 Å². The zero-order valence-corrected chi connectivity index (χ0v) is 15.2. The van der Waals surface area contributed by atoms with Gasteiger partial charge in [0, 0.05) is 24.2 Å². The maximum Gasteiger partial charge on any atom is 0.407 e. The van der Waals surface area contributed by atoms with E-state index in [4.69, 9.17) is 27.9 Å². The van der Waals surface area contributed by atoms with Gasteiger partial charge in [-0.15, -0.1) is 0 Å². The van der Waals surface area contributed by atoms with E-state index in [2.05, 4.69) is 5.32 Å². The Bertz CT molecular complexity index is 587. The summed E-state index contributed by atoms with van der Waals surface area (Å²) in [6.45, 7) is 3.59. The SMILES string of the molecule is CCCCOC(=O)NC1CCN(C(=O)c2cc(Cl)ccc2Cl)CC1. The van der Waals surface area contributed by atoms with Crippen molar-refractivity contribution in [2.45, 2.75) is 38.6 Å². The van der Waals surface area contributed by atoms with Gasteiger partial charge >= 0.3 is 6.09 Å². The van der Waals surface area contributed by atoms with Crippen LogP contribution in [0.15, 0.2) is 18.2 Å². The number of hydrogen-bond donors (Lipinski definition) is 1. The second-order valence-corrected chi connectivity index (χ2v) is 6.67. The van der Waals surface area contributed by atoms with E-state index in [0.29, 0.717) is 48.1 Å². The smallest absolute Gasteiger partial charge is 0.407 e. The second kappa shape index (κ2) is 9.14. The van der Waals surface area contributed by atoms with Crippen LogP contribution in [0.4, 0.5) is 4.79 Å². The number of hydrogen-bond acceptors (Lipinski definition) is 3. The summed E-state index contributed by atoms with van der Waals surface area (Å²) in [5, 5.41) is 3.72. The predicted molar refractivity (Wildman–Crippen MR) is 94.8 cm³/mol. The van der Waals surface area contributed by atoms with Crippen LogP contribution < -0.4 is 5.32 Å². The van der Waals surface area contributed by atoms with Gasteiger partial charge < -0.3 is 15.0 Å². The maximum absolute atomic E-state index is 12.5. The number of unbranched alkanes of at least 4 members (excludes halogenated alkanes) is 1. The monoisotopic (exact) mass is 372 g/mol. The molecule has 0 aliphatic carbocycles. The first-order valence-electron chi connectivity index (χ1n) is 8.19. The van der Waals surface area contributed by atoms with Gasteiger partial charge in [-0.25, -0.2) is 4.79 Å². The molecule has 5 nitrogen and oxygen atoms in total. The molecule has 0 bridgehead atoms. The van der Waals surface area contributed by atoms with Crippen molar-refractivity contribution in [3.05, 3.63) is 33.8 Å². The van der Waals surface area contributed by atoms with Crippen LogP contribution in [-0.2, 0) is 4.74 Å². The summed E-state index contributed by atoms with van der Waals surface area (Å²) in [7, 11) is 0. The number of halogens is 2. The second-order valence-electron chi connectivity index (χ2n) is 5.82. The number of nitrogens with one attached hydrogen (secondary N) is 1. The Balaban J connectivity index is 1.83. The van der Waals surface area contributed by atoms with E-state index in [1.54, 1.807) is 23.1 Å². The Morgan fingerprint density at radius 2 is 2.00 bits per heavy atom. The molecule has 24 heavy (non-hydrogen) atoms. The first kappa shape index (κ1) is 18.9. The quantitative estimate of drug-likeness (QED) is 0.790. The van der Waals surface area contributed by atoms with E-state index < -0.39 is 0 Å². The molecule has 1 aliphatic rings. The molecule has 0 radical (unpaired) electrons. The van der Waals surface area contributed by atoms with Crippen LogP contribution in [0.3, 0.4) is 0 Å². The lowest BCUT2D eigenvalue weighted by Crippen LogP contribution is -2.46. The number of nitrogens with zero attached hydrogens (tertiary/aromatic N) is 1. The highest BCUT2D eigenvalue weighted by molar-refractivity contribution is 6.35. The lowest BCUT2D eigenvalue weighted by atomic mass is 10.0. The highest BCUT2D eigenvalue weighted by Gasteiger charge is 2.26. The number of piperidine rings is 1. The van der Waals surface area contributed by atoms with Crippen molar-refractivity contribution < 1.29 is 14.3 Å². The Labute approximate surface area is 152 Å². The maximum atomic E-state index is 12.5. The van der Waals surface area contributed by atoms with Crippen LogP contribution in [-0.4, -0.2) is 42.6 Å². The van der Waals surface area contributed by atoms with E-state index >= 15 is 0 Å². The minimum atomic E-state index is -0.383. The molecule has 7 heteroatoms. The molecule has 2 rings (SSSR count). The summed E-state index contributed by atoms with van der Waals surface area (Å²) in [6, 6.07) is 4.89. The van der Waals surface area contributed by atoms with Gasteiger partial charge in [0.2, 0.25) is 0 Å². The highest BCUT2D eigenvalue weighted by atomic mass is 35.5. The average Bonchev–Trinajstić information content (AvgIpc) is 2.57. The number of likely N-dealkylation sites (tertiary alicyclic amines) is 1. The molecule has 1 aromatic rings. The summed E-state index contributed by atoms with van der Waals surface area (Å²) in [5.41, 5.74) is 0.412. The molecule has 0 saturated carbocycles. The third-order valence-corrected chi connectivity index (χ3v) is 4.56. The Morgan fingerprint density at radius 3 is 2.67 bits per heavy atom. The van der Waals surface area contributed by atoms with Crippen molar-refractivity contribution in [3.63, 3.8) is 0 Å². The van der Waals surface area contributed by atoms with Gasteiger partial charge in [0.25, 0.3) is 5.91 Å². The predicted octanol–water partition coefficient (Wildman–Crippen LogP) is 4.12. The van der Waals surface area contributed by atoms with E-state index in [0.717, 1.165) is 12.8 Å². The van der Waals surface area contributed by atoms with E-state index in [1.807, 2.05) is 6.92 Å². The van der Waals surface area contributed by atoms with Crippen LogP contribution in [0.2, 0.25) is 10.0 Å². The minimum Gasteiger partial charge on any atom is -0.450 e. The molecule has 1 heterocycles. The van der Waals surface area contributed by atoms with Crippen LogP contribution in [0.5, 0.6) is 0 Å². The molecule has 132 valence electrons. The highest BCUT2D eigenvalue weighted by Crippen LogP contribution is 2.23. The molecule has 1 aliphatic heterocycles. The first-order chi connectivity index (χ1) is 11.5. The van der Waals surface area contributed by atoms with Crippen molar-refractivity contribution in [1.29, 1.82) is 0 Å². The summed E-state index contributed by atoms with van der Waals surface area (Å²) in [6.07, 6.45) is 2.84. The number of carbonyl (C=O) groups excluding carboxylic acids is 2. The van der Waals surface area contributed by atoms with Crippen molar-refractivity contribution in [2.75, 3.05) is 19.7 Å². The molecule has 1 N–H and O–H groups in total. The van der Waals surface area contributed by atoms with Crippen molar-refractivity contribution >= 4 is 35.2 Å². The fourth-order valence-corrected chi connectivity index (χ4v) is 2.95. The van der Waals surface area contributed by atoms with Gasteiger partial charge in [-0.3, -0.25) is 4.79 Å². The number of ether oxygens (including phenoxy) is 1. The minimum absolute atomic E-state index is 0.0259. The van der Waals surface area contributed by atoms with Crippen LogP contribution in [0, 0.1) is 0 Å². The largest absolute Gasteiger partial charge is 0.450 e. The standard InChI is InChI=1S/C17H22Cl2N2O3/c1-2-3-10-24-17(23)20-13-6-8-21(9-7-13)16(22)14-11-12(18)4-5-15(14)19/h4-5,11,13H,2-3,6-10H2,1H3,(H,20,23). The first-order valence-corrected chi connectivity index (χ1v) is 8.94. The van der Waals surface area contributed by atoms with E-state index in [1.165, 1.54) is 0 Å². The number of rotatable bonds is 5. The fraction of sp³-hybridized carbons (Fsp3) is 0.529. The van der Waals surface area contributed by atoms with Crippen molar-refractivity contribution in [3.8, 4) is 0 Å². The van der Waals surface area contributed by atoms with E-state index in [-0.39, 0.29) is 18.0 Å². The molecular formula is C17H22Cl2N2O3. The molecule has 1 saturated heterocycles. The zero-order chi connectivity index (χ0) is 17.5. The summed E-state index contributed by atoms with van der Waals surface area (Å²) >= 11 is 12.0. The Hall–Kier alpha value is -1.46. The number of carbonyl (C=O) groups is 2. The lowest BCUT2D eigenvalue weighted by Gasteiger charge is -2.32. The van der Waals surface area contributed by atoms with Crippen LogP contribution in [0.1, 0.15) is 43.0 Å². The number of amides is 2. The van der Waals surface area contributed by atoms with Gasteiger partial charge in [-0.2, -0.15) is 0 Å². The molecule has 1 fully saturated rings. The third-order valence-electron chi connectivity index (χ3n) is 3.99. The van der Waals surface area contributed by atoms with Crippen LogP contribution in [0.25, 0.3) is 0 Å². The van der Waals surface area contributed by atoms with Gasteiger partial charge in [0.1, 0.15) is 0 Å². The Morgan fingerprint density at radius 1 is 1.29 bits per heavy atom. The number of benzene rings is 1. The zero-order valence-electron chi connectivity index (χ0n) is 13.7. The normalized spacial score (nSPS) is 15.2. The summed E-state index contributed by atoms with van der Waals surface area (Å²) < 4.78 is 5.09. The molecule has 0 aromatic heterocycles.